The van der Waals surface area contributed by atoms with E-state index in [-0.39, 0.29) is 30.6 Å². The molecule has 0 aromatic heterocycles. The number of para-hydroxylation sites is 1. The Morgan fingerprint density at radius 1 is 0.975 bits per heavy atom. The third-order valence-corrected chi connectivity index (χ3v) is 8.83. The van der Waals surface area contributed by atoms with Crippen LogP contribution in [0.5, 0.6) is 0 Å². The van der Waals surface area contributed by atoms with Crippen molar-refractivity contribution in [1.82, 2.24) is 10.2 Å². The van der Waals surface area contributed by atoms with Gasteiger partial charge in [-0.1, -0.05) is 61.5 Å². The molecule has 1 amide bonds. The van der Waals surface area contributed by atoms with Gasteiger partial charge < -0.3 is 35.4 Å². The molecule has 0 radical (unpaired) electrons. The van der Waals surface area contributed by atoms with Gasteiger partial charge in [-0.2, -0.15) is 0 Å². The Balaban J connectivity index is 1.20. The first-order chi connectivity index (χ1) is 19.5. The van der Waals surface area contributed by atoms with Gasteiger partial charge in [-0.05, 0) is 48.2 Å². The molecule has 4 atom stereocenters. The normalized spacial score (nSPS) is 26.6. The molecule has 3 aliphatic heterocycles. The van der Waals surface area contributed by atoms with Crippen LogP contribution in [0.25, 0.3) is 0 Å². The summed E-state index contributed by atoms with van der Waals surface area (Å²) >= 11 is 0. The molecule has 40 heavy (non-hydrogen) atoms. The second-order valence-corrected chi connectivity index (χ2v) is 11.3. The second-order valence-electron chi connectivity index (χ2n) is 11.3. The maximum atomic E-state index is 13.1. The second kappa shape index (κ2) is 11.2. The van der Waals surface area contributed by atoms with E-state index in [1.54, 1.807) is 0 Å². The Bertz CT molecular complexity index is 1310. The standard InChI is InChI=1S/C32H38N4O4/c1-22-28(19-35-16-14-32(15-17-35)31(38)34-21-36(32)27-8-3-2-4-9-27)39-30(25-6-5-7-26(33)18-25)40-29(22)24-12-10-23(20-37)11-13-24/h2-13,18,22,28-30,37H,14-17,19-21,33H2,1H3,(H,34,38)/t22-,28+,29+,30+/m1/s1. The van der Waals surface area contributed by atoms with Crippen LogP contribution in [0.15, 0.2) is 78.9 Å². The largest absolute Gasteiger partial charge is 0.399 e. The molecule has 4 N–H and O–H groups in total. The molecular weight excluding hydrogens is 504 g/mol. The molecule has 8 heteroatoms. The number of nitrogens with two attached hydrogens (primary N) is 1. The zero-order valence-corrected chi connectivity index (χ0v) is 22.9. The third-order valence-electron chi connectivity index (χ3n) is 8.83. The van der Waals surface area contributed by atoms with Crippen LogP contribution in [0.4, 0.5) is 11.4 Å². The number of aliphatic hydroxyl groups excluding tert-OH is 1. The summed E-state index contributed by atoms with van der Waals surface area (Å²) in [6.45, 7) is 5.10. The van der Waals surface area contributed by atoms with Crippen LogP contribution in [-0.2, 0) is 20.9 Å². The summed E-state index contributed by atoms with van der Waals surface area (Å²) in [6.07, 6.45) is 0.714. The van der Waals surface area contributed by atoms with E-state index in [0.717, 1.165) is 54.9 Å². The van der Waals surface area contributed by atoms with E-state index >= 15 is 0 Å². The molecule has 0 unspecified atom stereocenters. The number of benzene rings is 3. The highest BCUT2D eigenvalue weighted by molar-refractivity contribution is 5.93. The zero-order valence-electron chi connectivity index (χ0n) is 22.9. The average Bonchev–Trinajstić information content (AvgIpc) is 3.30. The molecule has 3 heterocycles. The van der Waals surface area contributed by atoms with Crippen LogP contribution in [-0.4, -0.2) is 53.9 Å². The lowest BCUT2D eigenvalue weighted by atomic mass is 9.84. The molecule has 0 aliphatic carbocycles. The maximum Gasteiger partial charge on any atom is 0.247 e. The minimum atomic E-state index is -0.544. The van der Waals surface area contributed by atoms with Crippen molar-refractivity contribution in [1.29, 1.82) is 0 Å². The van der Waals surface area contributed by atoms with Crippen molar-refractivity contribution in [3.63, 3.8) is 0 Å². The smallest absolute Gasteiger partial charge is 0.247 e. The van der Waals surface area contributed by atoms with Gasteiger partial charge in [0, 0.05) is 42.5 Å². The number of carbonyl (C=O) groups excluding carboxylic acids is 1. The summed E-state index contributed by atoms with van der Waals surface area (Å²) in [6, 6.07) is 25.8. The van der Waals surface area contributed by atoms with E-state index < -0.39 is 11.8 Å². The number of anilines is 2. The lowest BCUT2D eigenvalue weighted by Crippen LogP contribution is -2.57. The predicted molar refractivity (Wildman–Crippen MR) is 154 cm³/mol. The van der Waals surface area contributed by atoms with Crippen LogP contribution in [0.1, 0.15) is 48.8 Å². The highest BCUT2D eigenvalue weighted by atomic mass is 16.7. The van der Waals surface area contributed by atoms with Gasteiger partial charge in [-0.15, -0.1) is 0 Å². The van der Waals surface area contributed by atoms with Gasteiger partial charge >= 0.3 is 0 Å². The van der Waals surface area contributed by atoms with Crippen LogP contribution in [0.3, 0.4) is 0 Å². The number of amides is 1. The fourth-order valence-corrected chi connectivity index (χ4v) is 6.43. The first-order valence-electron chi connectivity index (χ1n) is 14.2. The van der Waals surface area contributed by atoms with Crippen molar-refractivity contribution in [2.24, 2.45) is 5.92 Å². The molecule has 210 valence electrons. The number of hydrogen-bond acceptors (Lipinski definition) is 7. The van der Waals surface area contributed by atoms with E-state index in [1.807, 2.05) is 66.7 Å². The predicted octanol–water partition coefficient (Wildman–Crippen LogP) is 3.98. The molecular formula is C32H38N4O4. The molecule has 1 spiro atoms. The van der Waals surface area contributed by atoms with Gasteiger partial charge in [-0.3, -0.25) is 4.79 Å². The van der Waals surface area contributed by atoms with Gasteiger partial charge in [0.2, 0.25) is 5.91 Å². The average molecular weight is 543 g/mol. The summed E-state index contributed by atoms with van der Waals surface area (Å²) in [4.78, 5) is 17.8. The third kappa shape index (κ3) is 5.08. The molecule has 3 saturated heterocycles. The molecule has 3 aromatic rings. The SMILES string of the molecule is C[C@@H]1[C@H](CN2CCC3(CC2)C(=O)NCN3c2ccccc2)O[C@H](c2cccc(N)c2)O[C@@H]1c1ccc(CO)cc1. The van der Waals surface area contributed by atoms with Crippen molar-refractivity contribution in [3.8, 4) is 0 Å². The Hall–Kier alpha value is -3.43. The van der Waals surface area contributed by atoms with Crippen LogP contribution in [0.2, 0.25) is 0 Å². The minimum Gasteiger partial charge on any atom is -0.399 e. The van der Waals surface area contributed by atoms with Crippen LogP contribution < -0.4 is 16.0 Å². The first-order valence-corrected chi connectivity index (χ1v) is 14.2. The summed E-state index contributed by atoms with van der Waals surface area (Å²) in [7, 11) is 0. The number of carbonyl (C=O) groups is 1. The quantitative estimate of drug-likeness (QED) is 0.405. The van der Waals surface area contributed by atoms with E-state index in [0.29, 0.717) is 12.4 Å². The molecule has 3 aliphatic rings. The highest BCUT2D eigenvalue weighted by Crippen LogP contribution is 2.43. The Morgan fingerprint density at radius 2 is 1.73 bits per heavy atom. The fourth-order valence-electron chi connectivity index (χ4n) is 6.43. The Morgan fingerprint density at radius 3 is 2.42 bits per heavy atom. The highest BCUT2D eigenvalue weighted by Gasteiger charge is 2.51. The Kier molecular flexibility index (Phi) is 7.51. The summed E-state index contributed by atoms with van der Waals surface area (Å²) in [5.41, 5.74) is 10.2. The van der Waals surface area contributed by atoms with Crippen molar-refractivity contribution >= 4 is 17.3 Å². The van der Waals surface area contributed by atoms with E-state index in [4.69, 9.17) is 15.2 Å². The molecule has 3 aromatic carbocycles. The van der Waals surface area contributed by atoms with Crippen LogP contribution in [0, 0.1) is 5.92 Å². The van der Waals surface area contributed by atoms with Crippen LogP contribution >= 0.6 is 0 Å². The minimum absolute atomic E-state index is 0.00911. The van der Waals surface area contributed by atoms with Gasteiger partial charge in [0.05, 0.1) is 25.5 Å². The zero-order chi connectivity index (χ0) is 27.7. The monoisotopic (exact) mass is 542 g/mol. The number of likely N-dealkylation sites (tertiary alicyclic amines) is 1. The number of hydrogen-bond donors (Lipinski definition) is 3. The van der Waals surface area contributed by atoms with Gasteiger partial charge in [-0.25, -0.2) is 0 Å². The van der Waals surface area contributed by atoms with Crippen molar-refractivity contribution in [3.05, 3.63) is 95.6 Å². The molecule has 0 bridgehead atoms. The molecule has 0 saturated carbocycles. The summed E-state index contributed by atoms with van der Waals surface area (Å²) in [5, 5.41) is 12.6. The number of aliphatic hydroxyl groups is 1. The summed E-state index contributed by atoms with van der Waals surface area (Å²) < 4.78 is 13.2. The number of nitrogens with zero attached hydrogens (tertiary/aromatic N) is 2. The molecule has 6 rings (SSSR count). The first kappa shape index (κ1) is 26.8. The van der Waals surface area contributed by atoms with Gasteiger partial charge in [0.25, 0.3) is 0 Å². The van der Waals surface area contributed by atoms with Gasteiger partial charge in [0.15, 0.2) is 6.29 Å². The molecule has 8 nitrogen and oxygen atoms in total. The van der Waals surface area contributed by atoms with E-state index in [1.165, 1.54) is 0 Å². The number of rotatable bonds is 6. The number of piperidine rings is 1. The van der Waals surface area contributed by atoms with Crippen molar-refractivity contribution in [2.75, 3.05) is 36.9 Å². The van der Waals surface area contributed by atoms with E-state index in [9.17, 15) is 9.90 Å². The maximum absolute atomic E-state index is 13.1. The Labute approximate surface area is 235 Å². The van der Waals surface area contributed by atoms with E-state index in [2.05, 4.69) is 34.2 Å². The lowest BCUT2D eigenvalue weighted by Gasteiger charge is -2.46. The topological polar surface area (TPSA) is 100 Å². The van der Waals surface area contributed by atoms with Gasteiger partial charge in [0.1, 0.15) is 5.54 Å². The summed E-state index contributed by atoms with van der Waals surface area (Å²) in [5.74, 6) is 0.212. The van der Waals surface area contributed by atoms with Crippen molar-refractivity contribution in [2.45, 2.75) is 50.4 Å². The molecule has 3 fully saturated rings. The lowest BCUT2D eigenvalue weighted by molar-refractivity contribution is -0.276. The number of ether oxygens (including phenoxy) is 2. The fraction of sp³-hybridized carbons (Fsp3) is 0.406. The number of nitrogens with one attached hydrogen (secondary N) is 1. The van der Waals surface area contributed by atoms with Crippen molar-refractivity contribution < 1.29 is 19.4 Å². The number of nitrogen functional groups attached to an aromatic ring is 1.